The number of methoxy groups -OCH3 is 1. The fourth-order valence-electron chi connectivity index (χ4n) is 4.66. The van der Waals surface area contributed by atoms with Gasteiger partial charge in [0.1, 0.15) is 5.75 Å². The molecule has 5 rings (SSSR count). The number of amides is 2. The van der Waals surface area contributed by atoms with E-state index >= 15 is 0 Å². The fraction of sp³-hybridized carbons (Fsp3) is 0.172. The van der Waals surface area contributed by atoms with Crippen molar-refractivity contribution in [2.75, 3.05) is 23.9 Å². The van der Waals surface area contributed by atoms with Gasteiger partial charge in [-0.1, -0.05) is 48.5 Å². The summed E-state index contributed by atoms with van der Waals surface area (Å²) in [5, 5.41) is 5.40. The van der Waals surface area contributed by atoms with E-state index in [1.165, 1.54) is 10.8 Å². The van der Waals surface area contributed by atoms with Crippen molar-refractivity contribution in [1.29, 1.82) is 0 Å². The highest BCUT2D eigenvalue weighted by atomic mass is 16.5. The molecule has 6 nitrogen and oxygen atoms in total. The number of hydrogen-bond acceptors (Lipinski definition) is 4. The summed E-state index contributed by atoms with van der Waals surface area (Å²) in [5.41, 5.74) is 9.54. The molecule has 1 aliphatic rings. The van der Waals surface area contributed by atoms with Crippen LogP contribution in [0.5, 0.6) is 5.75 Å². The van der Waals surface area contributed by atoms with Crippen LogP contribution < -0.4 is 20.7 Å². The van der Waals surface area contributed by atoms with Crippen LogP contribution in [0.1, 0.15) is 21.5 Å². The van der Waals surface area contributed by atoms with E-state index in [-0.39, 0.29) is 11.8 Å². The topological polar surface area (TPSA) is 84.7 Å². The fourth-order valence-corrected chi connectivity index (χ4v) is 4.66. The molecule has 1 heterocycles. The predicted molar refractivity (Wildman–Crippen MR) is 139 cm³/mol. The molecule has 3 N–H and O–H groups in total. The maximum atomic E-state index is 13.3. The van der Waals surface area contributed by atoms with Gasteiger partial charge in [-0.15, -0.1) is 0 Å². The van der Waals surface area contributed by atoms with E-state index in [1.54, 1.807) is 19.2 Å². The summed E-state index contributed by atoms with van der Waals surface area (Å²) in [6.07, 6.45) is 0.584. The Morgan fingerprint density at radius 2 is 1.71 bits per heavy atom. The third-order valence-electron chi connectivity index (χ3n) is 6.52. The lowest BCUT2D eigenvalue weighted by atomic mass is 9.97. The smallest absolute Gasteiger partial charge is 0.248 e. The summed E-state index contributed by atoms with van der Waals surface area (Å²) in [7, 11) is 1.63. The van der Waals surface area contributed by atoms with Gasteiger partial charge in [-0.05, 0) is 64.7 Å². The second-order valence-electron chi connectivity index (χ2n) is 8.90. The lowest BCUT2D eigenvalue weighted by Gasteiger charge is -2.27. The van der Waals surface area contributed by atoms with Crippen molar-refractivity contribution in [2.24, 2.45) is 11.7 Å². The van der Waals surface area contributed by atoms with Crippen LogP contribution >= 0.6 is 0 Å². The minimum atomic E-state index is -0.526. The number of carbonyl (C=O) groups excluding carboxylic acids is 2. The molecule has 35 heavy (non-hydrogen) atoms. The van der Waals surface area contributed by atoms with Crippen molar-refractivity contribution in [3.05, 3.63) is 102 Å². The maximum absolute atomic E-state index is 13.3. The Kier molecular flexibility index (Phi) is 6.10. The molecule has 6 heteroatoms. The monoisotopic (exact) mass is 465 g/mol. The largest absolute Gasteiger partial charge is 0.497 e. The summed E-state index contributed by atoms with van der Waals surface area (Å²) in [6, 6.07) is 27.7. The first-order valence-electron chi connectivity index (χ1n) is 11.6. The molecule has 1 aliphatic heterocycles. The molecule has 1 unspecified atom stereocenters. The first kappa shape index (κ1) is 22.5. The number of nitrogens with one attached hydrogen (secondary N) is 1. The number of hydrogen-bond donors (Lipinski definition) is 2. The van der Waals surface area contributed by atoms with Gasteiger partial charge in [-0.25, -0.2) is 0 Å². The normalized spacial score (nSPS) is 15.3. The van der Waals surface area contributed by atoms with Gasteiger partial charge in [0.15, 0.2) is 0 Å². The number of nitrogens with two attached hydrogens (primary N) is 1. The number of rotatable bonds is 6. The van der Waals surface area contributed by atoms with Crippen molar-refractivity contribution >= 4 is 34.0 Å². The summed E-state index contributed by atoms with van der Waals surface area (Å²) in [6.45, 7) is 1.16. The van der Waals surface area contributed by atoms with E-state index in [4.69, 9.17) is 10.5 Å². The number of benzene rings is 4. The van der Waals surface area contributed by atoms with Gasteiger partial charge in [0.2, 0.25) is 11.8 Å². The number of carbonyl (C=O) groups is 2. The second-order valence-corrected chi connectivity index (χ2v) is 8.90. The molecule has 0 aromatic heterocycles. The minimum Gasteiger partial charge on any atom is -0.497 e. The Morgan fingerprint density at radius 3 is 2.46 bits per heavy atom. The van der Waals surface area contributed by atoms with Crippen LogP contribution in [0.4, 0.5) is 11.4 Å². The molecule has 1 atom stereocenters. The van der Waals surface area contributed by atoms with Crippen molar-refractivity contribution in [3.63, 3.8) is 0 Å². The lowest BCUT2D eigenvalue weighted by molar-refractivity contribution is -0.119. The molecule has 0 saturated carbocycles. The number of ether oxygens (including phenoxy) is 1. The molecule has 0 spiro atoms. The van der Waals surface area contributed by atoms with Crippen LogP contribution in [0.3, 0.4) is 0 Å². The minimum absolute atomic E-state index is 0.0790. The van der Waals surface area contributed by atoms with Crippen LogP contribution in [0.15, 0.2) is 84.9 Å². The molecule has 0 radical (unpaired) electrons. The van der Waals surface area contributed by atoms with Crippen LogP contribution in [-0.2, 0) is 17.8 Å². The number of nitrogens with zero attached hydrogens (tertiary/aromatic N) is 1. The van der Waals surface area contributed by atoms with Crippen molar-refractivity contribution in [3.8, 4) is 5.75 Å². The summed E-state index contributed by atoms with van der Waals surface area (Å²) in [4.78, 5) is 27.3. The van der Waals surface area contributed by atoms with Crippen LogP contribution in [0.2, 0.25) is 0 Å². The van der Waals surface area contributed by atoms with Crippen molar-refractivity contribution in [2.45, 2.75) is 13.0 Å². The first-order chi connectivity index (χ1) is 17.0. The van der Waals surface area contributed by atoms with Gasteiger partial charge >= 0.3 is 0 Å². The van der Waals surface area contributed by atoms with Gasteiger partial charge < -0.3 is 20.7 Å². The van der Waals surface area contributed by atoms with E-state index < -0.39 is 5.91 Å². The average molecular weight is 466 g/mol. The van der Waals surface area contributed by atoms with Gasteiger partial charge in [-0.3, -0.25) is 9.59 Å². The molecule has 0 aliphatic carbocycles. The van der Waals surface area contributed by atoms with E-state index in [0.29, 0.717) is 30.8 Å². The SMILES string of the molecule is COc1ccc(CC2CN(Cc3ccc4ccccc4c3)c3ccc(C(N)=O)cc3NC2=O)cc1. The number of fused-ring (bicyclic) bond motifs is 2. The Morgan fingerprint density at radius 1 is 0.971 bits per heavy atom. The second kappa shape index (κ2) is 9.50. The molecule has 0 bridgehead atoms. The first-order valence-corrected chi connectivity index (χ1v) is 11.6. The zero-order valence-corrected chi connectivity index (χ0v) is 19.5. The predicted octanol–water partition coefficient (Wildman–Crippen LogP) is 4.76. The van der Waals surface area contributed by atoms with Crippen molar-refractivity contribution < 1.29 is 14.3 Å². The van der Waals surface area contributed by atoms with Gasteiger partial charge in [0.25, 0.3) is 0 Å². The zero-order valence-electron chi connectivity index (χ0n) is 19.5. The molecule has 0 fully saturated rings. The van der Waals surface area contributed by atoms with Crippen molar-refractivity contribution in [1.82, 2.24) is 0 Å². The van der Waals surface area contributed by atoms with Gasteiger partial charge in [-0.2, -0.15) is 0 Å². The van der Waals surface area contributed by atoms with E-state index in [0.717, 1.165) is 22.6 Å². The molecule has 176 valence electrons. The Bertz CT molecular complexity index is 1400. The summed E-state index contributed by atoms with van der Waals surface area (Å²) < 4.78 is 5.26. The van der Waals surface area contributed by atoms with Crippen LogP contribution in [-0.4, -0.2) is 25.5 Å². The molecule has 0 saturated heterocycles. The molecule has 4 aromatic carbocycles. The third-order valence-corrected chi connectivity index (χ3v) is 6.52. The quantitative estimate of drug-likeness (QED) is 0.430. The van der Waals surface area contributed by atoms with E-state index in [1.807, 2.05) is 42.5 Å². The highest BCUT2D eigenvalue weighted by molar-refractivity contribution is 6.01. The summed E-state index contributed by atoms with van der Waals surface area (Å²) in [5.74, 6) is -0.108. The van der Waals surface area contributed by atoms with Gasteiger partial charge in [0, 0.05) is 18.7 Å². The summed E-state index contributed by atoms with van der Waals surface area (Å²) >= 11 is 0. The molecular weight excluding hydrogens is 438 g/mol. The standard InChI is InChI=1S/C29H27N3O3/c1-35-25-11-7-19(8-12-25)14-24-18-32(17-20-6-9-21-4-2-3-5-22(21)15-20)27-13-10-23(28(30)33)16-26(27)31-29(24)34/h2-13,15-16,24H,14,17-18H2,1H3,(H2,30,33)(H,31,34). The third kappa shape index (κ3) is 4.82. The molecular formula is C29H27N3O3. The average Bonchev–Trinajstić information content (AvgIpc) is 3.00. The lowest BCUT2D eigenvalue weighted by Crippen LogP contribution is -2.33. The molecule has 4 aromatic rings. The highest BCUT2D eigenvalue weighted by Crippen LogP contribution is 2.33. The number of anilines is 2. The van der Waals surface area contributed by atoms with E-state index in [2.05, 4.69) is 40.5 Å². The molecule has 2 amide bonds. The van der Waals surface area contributed by atoms with E-state index in [9.17, 15) is 9.59 Å². The van der Waals surface area contributed by atoms with Crippen LogP contribution in [0, 0.1) is 5.92 Å². The maximum Gasteiger partial charge on any atom is 0.248 e. The zero-order chi connectivity index (χ0) is 24.4. The van der Waals surface area contributed by atoms with Gasteiger partial charge in [0.05, 0.1) is 24.4 Å². The Labute approximate surface area is 204 Å². The Hall–Kier alpha value is -4.32. The van der Waals surface area contributed by atoms with Crippen LogP contribution in [0.25, 0.3) is 10.8 Å². The highest BCUT2D eigenvalue weighted by Gasteiger charge is 2.29. The Balaban J connectivity index is 1.49. The number of primary amides is 1.